The number of benzene rings is 1. The molecule has 1 saturated heterocycles. The van der Waals surface area contributed by atoms with Gasteiger partial charge in [-0.25, -0.2) is 14.8 Å². The molecule has 0 unspecified atom stereocenters. The van der Waals surface area contributed by atoms with Gasteiger partial charge in [-0.05, 0) is 44.7 Å². The van der Waals surface area contributed by atoms with E-state index in [0.29, 0.717) is 18.5 Å². The molecular formula is C21H25N5O2. The Balaban J connectivity index is 1.18. The van der Waals surface area contributed by atoms with Crippen LogP contribution in [0.4, 0.5) is 4.79 Å². The highest BCUT2D eigenvalue weighted by Gasteiger charge is 2.29. The molecule has 7 nitrogen and oxygen atoms in total. The zero-order valence-electron chi connectivity index (χ0n) is 16.1. The van der Waals surface area contributed by atoms with Crippen molar-refractivity contribution in [1.82, 2.24) is 24.8 Å². The van der Waals surface area contributed by atoms with Gasteiger partial charge in [0.1, 0.15) is 11.6 Å². The maximum absolute atomic E-state index is 12.5. The first kappa shape index (κ1) is 17.3. The Bertz CT molecular complexity index is 995. The highest BCUT2D eigenvalue weighted by molar-refractivity contribution is 5.76. The molecule has 2 aromatic heterocycles. The van der Waals surface area contributed by atoms with Gasteiger partial charge >= 0.3 is 6.03 Å². The third kappa shape index (κ3) is 3.25. The fourth-order valence-electron chi connectivity index (χ4n) is 4.15. The van der Waals surface area contributed by atoms with Gasteiger partial charge in [0.2, 0.25) is 0 Å². The number of nitrogens with one attached hydrogen (secondary N) is 1. The summed E-state index contributed by atoms with van der Waals surface area (Å²) in [6.07, 6.45) is 5.92. The van der Waals surface area contributed by atoms with Crippen molar-refractivity contribution >= 4 is 17.1 Å². The number of urea groups is 1. The molecule has 5 rings (SSSR count). The van der Waals surface area contributed by atoms with Gasteiger partial charge in [0.15, 0.2) is 5.89 Å². The summed E-state index contributed by atoms with van der Waals surface area (Å²) < 4.78 is 8.04. The fraction of sp³-hybridized carbons (Fsp3) is 0.476. The summed E-state index contributed by atoms with van der Waals surface area (Å²) >= 11 is 0. The molecule has 1 N–H and O–H groups in total. The minimum absolute atomic E-state index is 0.0324. The summed E-state index contributed by atoms with van der Waals surface area (Å²) in [7, 11) is 0. The first-order valence-corrected chi connectivity index (χ1v) is 10.1. The molecule has 2 amide bonds. The highest BCUT2D eigenvalue weighted by Crippen LogP contribution is 2.39. The number of hydrogen-bond donors (Lipinski definition) is 1. The number of rotatable bonds is 4. The Morgan fingerprint density at radius 3 is 2.79 bits per heavy atom. The predicted molar refractivity (Wildman–Crippen MR) is 105 cm³/mol. The maximum atomic E-state index is 12.5. The van der Waals surface area contributed by atoms with Gasteiger partial charge in [0, 0.05) is 25.0 Å². The number of para-hydroxylation sites is 2. The first-order valence-electron chi connectivity index (χ1n) is 10.1. The number of nitrogens with zero attached hydrogens (tertiary/aromatic N) is 4. The SMILES string of the molecule is Cc1nc2ccccc2n1C1CCN(C(=O)NCc2cnc(C3CC3)o2)CC1. The van der Waals surface area contributed by atoms with Crippen LogP contribution in [0.2, 0.25) is 0 Å². The van der Waals surface area contributed by atoms with Crippen molar-refractivity contribution < 1.29 is 9.21 Å². The number of oxazole rings is 1. The number of aromatic nitrogens is 3. The van der Waals surface area contributed by atoms with Gasteiger partial charge in [-0.15, -0.1) is 0 Å². The minimum atomic E-state index is -0.0324. The summed E-state index contributed by atoms with van der Waals surface area (Å²) in [5, 5.41) is 2.97. The van der Waals surface area contributed by atoms with E-state index in [9.17, 15) is 4.79 Å². The Morgan fingerprint density at radius 2 is 2.00 bits per heavy atom. The largest absolute Gasteiger partial charge is 0.444 e. The lowest BCUT2D eigenvalue weighted by Gasteiger charge is -2.33. The van der Waals surface area contributed by atoms with E-state index in [1.54, 1.807) is 6.20 Å². The zero-order chi connectivity index (χ0) is 19.1. The van der Waals surface area contributed by atoms with E-state index >= 15 is 0 Å². The van der Waals surface area contributed by atoms with E-state index < -0.39 is 0 Å². The van der Waals surface area contributed by atoms with Gasteiger partial charge < -0.3 is 19.2 Å². The normalized spacial score (nSPS) is 18.0. The van der Waals surface area contributed by atoms with Crippen LogP contribution < -0.4 is 5.32 Å². The number of hydrogen-bond acceptors (Lipinski definition) is 4. The third-order valence-electron chi connectivity index (χ3n) is 5.80. The van der Waals surface area contributed by atoms with Gasteiger partial charge in [-0.3, -0.25) is 0 Å². The monoisotopic (exact) mass is 379 g/mol. The van der Waals surface area contributed by atoms with Crippen LogP contribution in [-0.4, -0.2) is 38.6 Å². The molecule has 28 heavy (non-hydrogen) atoms. The van der Waals surface area contributed by atoms with Crippen molar-refractivity contribution in [1.29, 1.82) is 0 Å². The predicted octanol–water partition coefficient (Wildman–Crippen LogP) is 3.76. The van der Waals surface area contributed by atoms with Crippen LogP contribution in [0.1, 0.15) is 55.1 Å². The molecule has 0 spiro atoms. The van der Waals surface area contributed by atoms with Crippen LogP contribution in [0, 0.1) is 6.92 Å². The molecule has 0 atom stereocenters. The quantitative estimate of drug-likeness (QED) is 0.749. The van der Waals surface area contributed by atoms with E-state index in [1.807, 2.05) is 11.0 Å². The molecule has 1 aliphatic carbocycles. The van der Waals surface area contributed by atoms with Gasteiger partial charge in [-0.2, -0.15) is 0 Å². The van der Waals surface area contributed by atoms with Crippen molar-refractivity contribution in [2.45, 2.75) is 51.1 Å². The fourth-order valence-corrected chi connectivity index (χ4v) is 4.15. The Hall–Kier alpha value is -2.83. The van der Waals surface area contributed by atoms with Crippen molar-refractivity contribution in [3.8, 4) is 0 Å². The van der Waals surface area contributed by atoms with Crippen LogP contribution in [0.3, 0.4) is 0 Å². The van der Waals surface area contributed by atoms with Crippen molar-refractivity contribution in [2.75, 3.05) is 13.1 Å². The lowest BCUT2D eigenvalue weighted by atomic mass is 10.0. The molecule has 3 heterocycles. The number of carbonyl (C=O) groups excluding carboxylic acids is 1. The number of amides is 2. The summed E-state index contributed by atoms with van der Waals surface area (Å²) in [4.78, 5) is 23.4. The Morgan fingerprint density at radius 1 is 1.21 bits per heavy atom. The molecule has 2 aliphatic rings. The Kier molecular flexibility index (Phi) is 4.30. The van der Waals surface area contributed by atoms with Crippen LogP contribution in [0.5, 0.6) is 0 Å². The van der Waals surface area contributed by atoms with Gasteiger partial charge in [-0.1, -0.05) is 12.1 Å². The second-order valence-corrected chi connectivity index (χ2v) is 7.83. The summed E-state index contributed by atoms with van der Waals surface area (Å²) in [6, 6.07) is 8.61. The minimum Gasteiger partial charge on any atom is -0.444 e. The van der Waals surface area contributed by atoms with Crippen molar-refractivity contribution in [2.24, 2.45) is 0 Å². The van der Waals surface area contributed by atoms with Crippen molar-refractivity contribution in [3.63, 3.8) is 0 Å². The lowest BCUT2D eigenvalue weighted by Crippen LogP contribution is -2.44. The van der Waals surface area contributed by atoms with E-state index in [4.69, 9.17) is 4.42 Å². The number of carbonyl (C=O) groups is 1. The molecule has 7 heteroatoms. The number of aryl methyl sites for hydroxylation is 1. The number of fused-ring (bicyclic) bond motifs is 1. The van der Waals surface area contributed by atoms with Gasteiger partial charge in [0.05, 0.1) is 23.8 Å². The lowest BCUT2D eigenvalue weighted by molar-refractivity contribution is 0.171. The van der Waals surface area contributed by atoms with E-state index in [1.165, 1.54) is 5.52 Å². The number of imidazole rings is 1. The molecule has 1 aromatic carbocycles. The third-order valence-corrected chi connectivity index (χ3v) is 5.80. The van der Waals surface area contributed by atoms with E-state index in [-0.39, 0.29) is 6.03 Å². The molecule has 1 aliphatic heterocycles. The highest BCUT2D eigenvalue weighted by atomic mass is 16.4. The first-order chi connectivity index (χ1) is 13.7. The number of piperidine rings is 1. The van der Waals surface area contributed by atoms with Crippen LogP contribution in [0.25, 0.3) is 11.0 Å². The van der Waals surface area contributed by atoms with Gasteiger partial charge in [0.25, 0.3) is 0 Å². The average molecular weight is 379 g/mol. The van der Waals surface area contributed by atoms with E-state index in [2.05, 4.69) is 45.0 Å². The zero-order valence-corrected chi connectivity index (χ0v) is 16.1. The van der Waals surface area contributed by atoms with Crippen LogP contribution >= 0.6 is 0 Å². The summed E-state index contributed by atoms with van der Waals surface area (Å²) in [5.74, 6) is 3.07. The molecule has 1 saturated carbocycles. The molecule has 0 bridgehead atoms. The Labute approximate surface area is 163 Å². The second kappa shape index (κ2) is 6.96. The van der Waals surface area contributed by atoms with Crippen LogP contribution in [0.15, 0.2) is 34.9 Å². The summed E-state index contributed by atoms with van der Waals surface area (Å²) in [6.45, 7) is 3.94. The molecular weight excluding hydrogens is 354 g/mol. The molecule has 3 aromatic rings. The molecule has 146 valence electrons. The smallest absolute Gasteiger partial charge is 0.317 e. The van der Waals surface area contributed by atoms with Crippen LogP contribution in [-0.2, 0) is 6.54 Å². The van der Waals surface area contributed by atoms with E-state index in [0.717, 1.165) is 61.8 Å². The van der Waals surface area contributed by atoms with Crippen molar-refractivity contribution in [3.05, 3.63) is 47.9 Å². The topological polar surface area (TPSA) is 76.2 Å². The molecule has 0 radical (unpaired) electrons. The number of likely N-dealkylation sites (tertiary alicyclic amines) is 1. The summed E-state index contributed by atoms with van der Waals surface area (Å²) in [5.41, 5.74) is 2.22. The standard InChI is InChI=1S/C21H25N5O2/c1-14-24-18-4-2-3-5-19(18)26(14)16-8-10-25(11-9-16)21(27)23-13-17-12-22-20(28-17)15-6-7-15/h2-5,12,15-16H,6-11,13H2,1H3,(H,23,27). The average Bonchev–Trinajstić information content (AvgIpc) is 3.36. The second-order valence-electron chi connectivity index (χ2n) is 7.83. The maximum Gasteiger partial charge on any atom is 0.317 e. The molecule has 2 fully saturated rings.